The largest absolute Gasteiger partial charge is 0.265 e. The number of hydrogen-bond donors (Lipinski definition) is 0. The number of hydrogen-bond acceptors (Lipinski definition) is 1. The van der Waals surface area contributed by atoms with Crippen LogP contribution in [0.3, 0.4) is 0 Å². The van der Waals surface area contributed by atoms with Gasteiger partial charge in [-0.05, 0) is 24.1 Å². The first-order chi connectivity index (χ1) is 8.24. The number of alkyl halides is 1. The molecule has 0 aliphatic carbocycles. The van der Waals surface area contributed by atoms with Crippen LogP contribution in [0.2, 0.25) is 0 Å². The Labute approximate surface area is 118 Å². The first-order valence-electron chi connectivity index (χ1n) is 5.58. The number of aromatic nitrogens is 2. The molecule has 0 N–H and O–H groups in total. The molecule has 0 aliphatic rings. The van der Waals surface area contributed by atoms with Crippen molar-refractivity contribution in [2.75, 3.05) is 0 Å². The van der Waals surface area contributed by atoms with Gasteiger partial charge in [0.25, 0.3) is 0 Å². The van der Waals surface area contributed by atoms with Gasteiger partial charge in [0.15, 0.2) is 0 Å². The van der Waals surface area contributed by atoms with Gasteiger partial charge in [0, 0.05) is 21.1 Å². The first-order valence-corrected chi connectivity index (χ1v) is 7.50. The van der Waals surface area contributed by atoms with Crippen molar-refractivity contribution in [3.63, 3.8) is 0 Å². The molecule has 0 aliphatic heterocycles. The van der Waals surface area contributed by atoms with Gasteiger partial charge in [0.1, 0.15) is 0 Å². The summed E-state index contributed by atoms with van der Waals surface area (Å²) in [4.78, 5) is 0. The van der Waals surface area contributed by atoms with Crippen LogP contribution in [0.5, 0.6) is 0 Å². The van der Waals surface area contributed by atoms with Crippen molar-refractivity contribution < 1.29 is 0 Å². The number of halogens is 2. The summed E-state index contributed by atoms with van der Waals surface area (Å²) in [6, 6.07) is 8.38. The monoisotopic (exact) mass is 356 g/mol. The zero-order valence-corrected chi connectivity index (χ0v) is 12.8. The van der Waals surface area contributed by atoms with E-state index in [1.54, 1.807) is 0 Å². The van der Waals surface area contributed by atoms with Gasteiger partial charge in [-0.3, -0.25) is 4.68 Å². The zero-order valence-electron chi connectivity index (χ0n) is 9.66. The van der Waals surface area contributed by atoms with Crippen molar-refractivity contribution in [2.24, 2.45) is 0 Å². The molecule has 0 unspecified atom stereocenters. The Kier molecular flexibility index (Phi) is 4.40. The molecular formula is C13H14Br2N2. The average Bonchev–Trinajstić information content (AvgIpc) is 2.74. The molecule has 90 valence electrons. The highest BCUT2D eigenvalue weighted by molar-refractivity contribution is 9.10. The number of rotatable bonds is 4. The molecule has 2 rings (SSSR count). The lowest BCUT2D eigenvalue weighted by Gasteiger charge is -2.07. The Hall–Kier alpha value is -0.610. The zero-order chi connectivity index (χ0) is 12.3. The van der Waals surface area contributed by atoms with E-state index >= 15 is 0 Å². The van der Waals surface area contributed by atoms with Crippen LogP contribution in [0.4, 0.5) is 0 Å². The van der Waals surface area contributed by atoms with Gasteiger partial charge in [-0.1, -0.05) is 50.9 Å². The predicted octanol–water partition coefficient (Wildman–Crippen LogP) is 4.15. The highest BCUT2D eigenvalue weighted by atomic mass is 79.9. The van der Waals surface area contributed by atoms with E-state index in [1.807, 2.05) is 6.20 Å². The minimum Gasteiger partial charge on any atom is -0.265 e. The van der Waals surface area contributed by atoms with Crippen LogP contribution in [0, 0.1) is 0 Å². The summed E-state index contributed by atoms with van der Waals surface area (Å²) in [5.74, 6) is 0. The maximum absolute atomic E-state index is 4.45. The summed E-state index contributed by atoms with van der Waals surface area (Å²) in [7, 11) is 0. The van der Waals surface area contributed by atoms with Crippen LogP contribution in [-0.4, -0.2) is 9.78 Å². The second-order valence-corrected chi connectivity index (χ2v) is 5.36. The lowest BCUT2D eigenvalue weighted by Crippen LogP contribution is -2.06. The number of benzene rings is 1. The van der Waals surface area contributed by atoms with Crippen molar-refractivity contribution in [3.8, 4) is 0 Å². The highest BCUT2D eigenvalue weighted by Crippen LogP contribution is 2.16. The molecule has 1 aromatic heterocycles. The van der Waals surface area contributed by atoms with E-state index in [0.29, 0.717) is 0 Å². The summed E-state index contributed by atoms with van der Waals surface area (Å²) >= 11 is 6.94. The second kappa shape index (κ2) is 5.83. The van der Waals surface area contributed by atoms with Crippen molar-refractivity contribution >= 4 is 31.9 Å². The van der Waals surface area contributed by atoms with E-state index in [4.69, 9.17) is 0 Å². The molecule has 0 amide bonds. The van der Waals surface area contributed by atoms with Gasteiger partial charge in [0.2, 0.25) is 0 Å². The van der Waals surface area contributed by atoms with Gasteiger partial charge in [-0.25, -0.2) is 0 Å². The SMILES string of the molecule is CCc1c(CBr)cnn1Cc1ccc(Br)cc1. The third kappa shape index (κ3) is 2.99. The van der Waals surface area contributed by atoms with Crippen LogP contribution in [-0.2, 0) is 18.3 Å². The van der Waals surface area contributed by atoms with Gasteiger partial charge in [-0.2, -0.15) is 5.10 Å². The van der Waals surface area contributed by atoms with Crippen molar-refractivity contribution in [1.29, 1.82) is 0 Å². The van der Waals surface area contributed by atoms with Crippen molar-refractivity contribution in [3.05, 3.63) is 51.8 Å². The topological polar surface area (TPSA) is 17.8 Å². The van der Waals surface area contributed by atoms with Gasteiger partial charge < -0.3 is 0 Å². The van der Waals surface area contributed by atoms with E-state index in [-0.39, 0.29) is 0 Å². The molecule has 2 aromatic rings. The minimum atomic E-state index is 0.837. The van der Waals surface area contributed by atoms with Crippen LogP contribution < -0.4 is 0 Å². The molecule has 0 fully saturated rings. The Balaban J connectivity index is 2.23. The molecule has 0 bridgehead atoms. The lowest BCUT2D eigenvalue weighted by atomic mass is 10.2. The third-order valence-electron chi connectivity index (χ3n) is 2.76. The third-order valence-corrected chi connectivity index (χ3v) is 3.89. The summed E-state index contributed by atoms with van der Waals surface area (Å²) in [5.41, 5.74) is 3.86. The summed E-state index contributed by atoms with van der Waals surface area (Å²) in [6.07, 6.45) is 2.96. The first kappa shape index (κ1) is 12.8. The van der Waals surface area contributed by atoms with Crippen LogP contribution in [0.15, 0.2) is 34.9 Å². The second-order valence-electron chi connectivity index (χ2n) is 3.89. The van der Waals surface area contributed by atoms with Gasteiger partial charge >= 0.3 is 0 Å². The molecule has 0 saturated carbocycles. The van der Waals surface area contributed by atoms with Crippen molar-refractivity contribution in [2.45, 2.75) is 25.2 Å². The molecule has 17 heavy (non-hydrogen) atoms. The molecule has 2 nitrogen and oxygen atoms in total. The van der Waals surface area contributed by atoms with E-state index in [1.165, 1.54) is 16.8 Å². The van der Waals surface area contributed by atoms with E-state index in [9.17, 15) is 0 Å². The van der Waals surface area contributed by atoms with E-state index in [2.05, 4.69) is 72.8 Å². The normalized spacial score (nSPS) is 10.8. The molecule has 0 spiro atoms. The Bertz CT molecular complexity index is 489. The fourth-order valence-corrected chi connectivity index (χ4v) is 2.60. The van der Waals surface area contributed by atoms with E-state index in [0.717, 1.165) is 22.8 Å². The summed E-state index contributed by atoms with van der Waals surface area (Å²) in [5, 5.41) is 5.32. The predicted molar refractivity (Wildman–Crippen MR) is 77.5 cm³/mol. The van der Waals surface area contributed by atoms with Crippen molar-refractivity contribution in [1.82, 2.24) is 9.78 Å². The van der Waals surface area contributed by atoms with Crippen LogP contribution >= 0.6 is 31.9 Å². The fraction of sp³-hybridized carbons (Fsp3) is 0.308. The molecule has 0 saturated heterocycles. The van der Waals surface area contributed by atoms with Gasteiger partial charge in [-0.15, -0.1) is 0 Å². The standard InChI is InChI=1S/C13H14Br2N2/c1-2-13-11(7-14)8-16-17(13)9-10-3-5-12(15)6-4-10/h3-6,8H,2,7,9H2,1H3. The highest BCUT2D eigenvalue weighted by Gasteiger charge is 2.08. The number of nitrogens with zero attached hydrogens (tertiary/aromatic N) is 2. The van der Waals surface area contributed by atoms with E-state index < -0.39 is 0 Å². The molecule has 0 radical (unpaired) electrons. The van der Waals surface area contributed by atoms with Crippen LogP contribution in [0.1, 0.15) is 23.7 Å². The smallest absolute Gasteiger partial charge is 0.0662 e. The Morgan fingerprint density at radius 2 is 1.94 bits per heavy atom. The molecular weight excluding hydrogens is 344 g/mol. The fourth-order valence-electron chi connectivity index (χ4n) is 1.87. The Morgan fingerprint density at radius 1 is 1.24 bits per heavy atom. The molecule has 1 heterocycles. The minimum absolute atomic E-state index is 0.837. The summed E-state index contributed by atoms with van der Waals surface area (Å²) < 4.78 is 3.19. The van der Waals surface area contributed by atoms with Crippen LogP contribution in [0.25, 0.3) is 0 Å². The lowest BCUT2D eigenvalue weighted by molar-refractivity contribution is 0.648. The summed E-state index contributed by atoms with van der Waals surface area (Å²) in [6.45, 7) is 3.00. The maximum Gasteiger partial charge on any atom is 0.0662 e. The molecule has 1 aromatic carbocycles. The quantitative estimate of drug-likeness (QED) is 0.751. The molecule has 0 atom stereocenters. The Morgan fingerprint density at radius 3 is 2.53 bits per heavy atom. The van der Waals surface area contributed by atoms with Gasteiger partial charge in [0.05, 0.1) is 12.7 Å². The average molecular weight is 358 g/mol. The molecule has 4 heteroatoms. The maximum atomic E-state index is 4.45.